The lowest BCUT2D eigenvalue weighted by atomic mass is 10.1. The third kappa shape index (κ3) is 1.93. The molecule has 0 radical (unpaired) electrons. The summed E-state index contributed by atoms with van der Waals surface area (Å²) >= 11 is 3.44. The van der Waals surface area contributed by atoms with E-state index >= 15 is 0 Å². The van der Waals surface area contributed by atoms with Crippen LogP contribution in [0.25, 0.3) is 5.52 Å². The first-order valence-electron chi connectivity index (χ1n) is 5.84. The number of nitrogens with zero attached hydrogens (tertiary/aromatic N) is 2. The minimum atomic E-state index is 0.244. The summed E-state index contributed by atoms with van der Waals surface area (Å²) in [4.78, 5) is 4.49. The van der Waals surface area contributed by atoms with Gasteiger partial charge in [0.25, 0.3) is 0 Å². The van der Waals surface area contributed by atoms with Gasteiger partial charge in [0.05, 0.1) is 5.52 Å². The second kappa shape index (κ2) is 4.31. The lowest BCUT2D eigenvalue weighted by Gasteiger charge is -2.09. The summed E-state index contributed by atoms with van der Waals surface area (Å²) in [6, 6.07) is 5.94. The van der Waals surface area contributed by atoms with E-state index in [0.717, 1.165) is 28.9 Å². The van der Waals surface area contributed by atoms with Gasteiger partial charge in [-0.05, 0) is 47.4 Å². The van der Waals surface area contributed by atoms with Crippen molar-refractivity contribution < 1.29 is 5.11 Å². The highest BCUT2D eigenvalue weighted by Gasteiger charge is 2.19. The molecule has 1 fully saturated rings. The van der Waals surface area contributed by atoms with Gasteiger partial charge in [0, 0.05) is 12.5 Å². The van der Waals surface area contributed by atoms with E-state index in [2.05, 4.69) is 26.2 Å². The summed E-state index contributed by atoms with van der Waals surface area (Å²) in [6.45, 7) is 1.08. The van der Waals surface area contributed by atoms with Crippen LogP contribution < -0.4 is 5.32 Å². The van der Waals surface area contributed by atoms with Crippen molar-refractivity contribution in [3.8, 4) is 5.88 Å². The number of pyridine rings is 1. The SMILES string of the molecule is Oc1cccc2c(Br)nc(CC3CCCN3)n12. The number of fused-ring (bicyclic) bond motifs is 1. The molecular formula is C12H14BrN3O. The van der Waals surface area contributed by atoms with E-state index in [4.69, 9.17) is 0 Å². The Kier molecular flexibility index (Phi) is 2.80. The molecule has 0 amide bonds. The quantitative estimate of drug-likeness (QED) is 0.892. The van der Waals surface area contributed by atoms with Crippen molar-refractivity contribution in [1.29, 1.82) is 0 Å². The summed E-state index contributed by atoms with van der Waals surface area (Å²) in [7, 11) is 0. The smallest absolute Gasteiger partial charge is 0.197 e. The zero-order valence-corrected chi connectivity index (χ0v) is 10.9. The van der Waals surface area contributed by atoms with Gasteiger partial charge >= 0.3 is 0 Å². The molecule has 0 aliphatic carbocycles. The molecule has 0 saturated carbocycles. The zero-order chi connectivity index (χ0) is 11.8. The molecule has 2 N–H and O–H groups in total. The summed E-state index contributed by atoms with van der Waals surface area (Å²) in [5.74, 6) is 1.15. The third-order valence-corrected chi connectivity index (χ3v) is 3.84. The largest absolute Gasteiger partial charge is 0.494 e. The highest BCUT2D eigenvalue weighted by atomic mass is 79.9. The zero-order valence-electron chi connectivity index (χ0n) is 9.36. The lowest BCUT2D eigenvalue weighted by Crippen LogP contribution is -2.24. The molecule has 5 heteroatoms. The number of imidazole rings is 1. The van der Waals surface area contributed by atoms with Gasteiger partial charge in [0.15, 0.2) is 5.88 Å². The minimum Gasteiger partial charge on any atom is -0.494 e. The second-order valence-corrected chi connectivity index (χ2v) is 5.17. The number of aromatic hydroxyl groups is 1. The second-order valence-electron chi connectivity index (χ2n) is 4.42. The summed E-state index contributed by atoms with van der Waals surface area (Å²) in [6.07, 6.45) is 3.26. The Hall–Kier alpha value is -1.07. The van der Waals surface area contributed by atoms with E-state index < -0.39 is 0 Å². The Morgan fingerprint density at radius 1 is 1.53 bits per heavy atom. The number of halogens is 1. The molecule has 1 saturated heterocycles. The molecule has 3 rings (SSSR count). The van der Waals surface area contributed by atoms with Crippen molar-refractivity contribution >= 4 is 21.4 Å². The van der Waals surface area contributed by atoms with E-state index in [1.807, 2.05) is 16.5 Å². The van der Waals surface area contributed by atoms with Gasteiger partial charge in [0.2, 0.25) is 0 Å². The Morgan fingerprint density at radius 2 is 2.41 bits per heavy atom. The van der Waals surface area contributed by atoms with Crippen molar-refractivity contribution in [3.63, 3.8) is 0 Å². The van der Waals surface area contributed by atoms with E-state index in [9.17, 15) is 5.11 Å². The van der Waals surface area contributed by atoms with Crippen LogP contribution in [0.5, 0.6) is 5.88 Å². The molecule has 1 unspecified atom stereocenters. The number of hydrogen-bond acceptors (Lipinski definition) is 3. The number of hydrogen-bond donors (Lipinski definition) is 2. The monoisotopic (exact) mass is 295 g/mol. The van der Waals surface area contributed by atoms with Crippen LogP contribution in [0.3, 0.4) is 0 Å². The number of rotatable bonds is 2. The molecule has 0 spiro atoms. The highest BCUT2D eigenvalue weighted by molar-refractivity contribution is 9.10. The first-order chi connectivity index (χ1) is 8.25. The molecule has 2 aromatic heterocycles. The van der Waals surface area contributed by atoms with Gasteiger partial charge in [-0.15, -0.1) is 0 Å². The van der Waals surface area contributed by atoms with Gasteiger partial charge in [-0.25, -0.2) is 4.98 Å². The fourth-order valence-corrected chi connectivity index (χ4v) is 2.95. The number of aromatic nitrogens is 2. The third-order valence-electron chi connectivity index (χ3n) is 3.26. The number of nitrogens with one attached hydrogen (secondary N) is 1. The lowest BCUT2D eigenvalue weighted by molar-refractivity contribution is 0.440. The van der Waals surface area contributed by atoms with Crippen LogP contribution in [-0.2, 0) is 6.42 Å². The van der Waals surface area contributed by atoms with E-state index in [1.54, 1.807) is 6.07 Å². The fraction of sp³-hybridized carbons (Fsp3) is 0.417. The van der Waals surface area contributed by atoms with Crippen LogP contribution in [0.2, 0.25) is 0 Å². The van der Waals surface area contributed by atoms with Crippen LogP contribution in [0.1, 0.15) is 18.7 Å². The Morgan fingerprint density at radius 3 is 3.18 bits per heavy atom. The van der Waals surface area contributed by atoms with Crippen LogP contribution in [-0.4, -0.2) is 27.1 Å². The van der Waals surface area contributed by atoms with Crippen LogP contribution >= 0.6 is 15.9 Å². The Balaban J connectivity index is 2.03. The van der Waals surface area contributed by atoms with Gasteiger partial charge in [-0.2, -0.15) is 0 Å². The maximum absolute atomic E-state index is 9.92. The Labute approximate surface area is 108 Å². The van der Waals surface area contributed by atoms with Crippen molar-refractivity contribution in [3.05, 3.63) is 28.6 Å². The van der Waals surface area contributed by atoms with Crippen molar-refractivity contribution in [2.24, 2.45) is 0 Å². The minimum absolute atomic E-state index is 0.244. The van der Waals surface area contributed by atoms with Gasteiger partial charge < -0.3 is 10.4 Å². The Bertz CT molecular complexity index is 546. The highest BCUT2D eigenvalue weighted by Crippen LogP contribution is 2.25. The van der Waals surface area contributed by atoms with Gasteiger partial charge in [0.1, 0.15) is 10.4 Å². The standard InChI is InChI=1S/C12H14BrN3O/c13-12-9-4-1-5-11(17)16(9)10(15-12)7-8-3-2-6-14-8/h1,4-5,8,14,17H,2-3,6-7H2. The predicted octanol–water partition coefficient (Wildman–Crippen LogP) is 2.10. The summed E-state index contributed by atoms with van der Waals surface area (Å²) in [5, 5.41) is 13.4. The topological polar surface area (TPSA) is 49.6 Å². The molecule has 90 valence electrons. The first kappa shape index (κ1) is 11.0. The molecule has 2 aromatic rings. The van der Waals surface area contributed by atoms with Crippen LogP contribution in [0.4, 0.5) is 0 Å². The fourth-order valence-electron chi connectivity index (χ4n) is 2.44. The molecule has 4 nitrogen and oxygen atoms in total. The summed E-state index contributed by atoms with van der Waals surface area (Å²) < 4.78 is 2.60. The molecular weight excluding hydrogens is 282 g/mol. The van der Waals surface area contributed by atoms with E-state index in [-0.39, 0.29) is 5.88 Å². The average Bonchev–Trinajstić information content (AvgIpc) is 2.90. The molecule has 1 aliphatic rings. The predicted molar refractivity (Wildman–Crippen MR) is 69.3 cm³/mol. The van der Waals surface area contributed by atoms with Gasteiger partial charge in [-0.1, -0.05) is 6.07 Å². The molecule has 0 bridgehead atoms. The average molecular weight is 296 g/mol. The normalized spacial score (nSPS) is 20.2. The van der Waals surface area contributed by atoms with E-state index in [0.29, 0.717) is 6.04 Å². The van der Waals surface area contributed by atoms with Gasteiger partial charge in [-0.3, -0.25) is 4.40 Å². The van der Waals surface area contributed by atoms with Crippen LogP contribution in [0.15, 0.2) is 22.8 Å². The maximum atomic E-state index is 9.92. The van der Waals surface area contributed by atoms with Crippen molar-refractivity contribution in [2.75, 3.05) is 6.54 Å². The molecule has 3 heterocycles. The van der Waals surface area contributed by atoms with Crippen molar-refractivity contribution in [2.45, 2.75) is 25.3 Å². The maximum Gasteiger partial charge on any atom is 0.197 e. The van der Waals surface area contributed by atoms with Crippen LogP contribution in [0, 0.1) is 0 Å². The van der Waals surface area contributed by atoms with Crippen molar-refractivity contribution in [1.82, 2.24) is 14.7 Å². The van der Waals surface area contributed by atoms with E-state index in [1.165, 1.54) is 12.8 Å². The molecule has 1 aliphatic heterocycles. The molecule has 1 atom stereocenters. The summed E-state index contributed by atoms with van der Waals surface area (Å²) in [5.41, 5.74) is 0.915. The molecule has 17 heavy (non-hydrogen) atoms. The molecule has 0 aromatic carbocycles. The first-order valence-corrected chi connectivity index (χ1v) is 6.63.